The molecular formula is C18H28N2O3. The molecular weight excluding hydrogens is 292 g/mol. The summed E-state index contributed by atoms with van der Waals surface area (Å²) < 4.78 is 10.7. The number of methoxy groups -OCH3 is 1. The van der Waals surface area contributed by atoms with Gasteiger partial charge in [0.05, 0.1) is 12.8 Å². The highest BCUT2D eigenvalue weighted by molar-refractivity contribution is 5.87. The van der Waals surface area contributed by atoms with Crippen LogP contribution in [0.25, 0.3) is 0 Å². The average molecular weight is 320 g/mol. The topological polar surface area (TPSA) is 59.6 Å². The molecule has 2 rings (SSSR count). The number of carbonyl (C=O) groups is 1. The summed E-state index contributed by atoms with van der Waals surface area (Å²) in [6.45, 7) is 7.70. The van der Waals surface area contributed by atoms with Gasteiger partial charge in [-0.1, -0.05) is 6.07 Å². The van der Waals surface area contributed by atoms with Crippen molar-refractivity contribution in [2.24, 2.45) is 5.92 Å². The molecule has 1 fully saturated rings. The Morgan fingerprint density at radius 3 is 2.78 bits per heavy atom. The zero-order valence-electron chi connectivity index (χ0n) is 14.6. The standard InChI is InChI=1S/C18H28N2O3/c1-18(2,3)23-17(21)20-15-11-13(7-8-16(15)22-4)10-14-6-5-9-19-12-14/h7-8,11,14,19H,5-6,9-10,12H2,1-4H3,(H,20,21). The van der Waals surface area contributed by atoms with E-state index in [0.717, 1.165) is 19.5 Å². The van der Waals surface area contributed by atoms with Crippen molar-refractivity contribution >= 4 is 11.8 Å². The molecule has 0 aliphatic carbocycles. The number of hydrogen-bond donors (Lipinski definition) is 2. The molecule has 0 bridgehead atoms. The second kappa shape index (κ2) is 7.68. The number of hydrogen-bond acceptors (Lipinski definition) is 4. The van der Waals surface area contributed by atoms with Gasteiger partial charge in [-0.3, -0.25) is 5.32 Å². The van der Waals surface area contributed by atoms with Crippen LogP contribution in [0.3, 0.4) is 0 Å². The summed E-state index contributed by atoms with van der Waals surface area (Å²) >= 11 is 0. The van der Waals surface area contributed by atoms with Gasteiger partial charge in [0.25, 0.3) is 0 Å². The molecule has 1 saturated heterocycles. The summed E-state index contributed by atoms with van der Waals surface area (Å²) in [4.78, 5) is 12.0. The van der Waals surface area contributed by atoms with E-state index in [4.69, 9.17) is 9.47 Å². The van der Waals surface area contributed by atoms with E-state index < -0.39 is 11.7 Å². The molecule has 0 spiro atoms. The molecule has 1 aromatic carbocycles. The Labute approximate surface area is 138 Å². The predicted molar refractivity (Wildman–Crippen MR) is 92.1 cm³/mol. The molecule has 1 unspecified atom stereocenters. The van der Waals surface area contributed by atoms with Gasteiger partial charge in [0.15, 0.2) is 0 Å². The maximum absolute atomic E-state index is 12.0. The molecule has 1 atom stereocenters. The molecule has 1 aliphatic heterocycles. The zero-order valence-corrected chi connectivity index (χ0v) is 14.6. The molecule has 128 valence electrons. The van der Waals surface area contributed by atoms with Gasteiger partial charge in [0, 0.05) is 0 Å². The quantitative estimate of drug-likeness (QED) is 0.890. The van der Waals surface area contributed by atoms with Crippen LogP contribution in [0, 0.1) is 5.92 Å². The summed E-state index contributed by atoms with van der Waals surface area (Å²) in [7, 11) is 1.60. The smallest absolute Gasteiger partial charge is 0.412 e. The number of anilines is 1. The Morgan fingerprint density at radius 2 is 2.17 bits per heavy atom. The van der Waals surface area contributed by atoms with Crippen LogP contribution in [0.2, 0.25) is 0 Å². The van der Waals surface area contributed by atoms with E-state index in [1.165, 1.54) is 18.4 Å². The highest BCUT2D eigenvalue weighted by Crippen LogP contribution is 2.28. The Kier molecular flexibility index (Phi) is 5.88. The first kappa shape index (κ1) is 17.6. The van der Waals surface area contributed by atoms with Gasteiger partial charge in [-0.05, 0) is 76.7 Å². The van der Waals surface area contributed by atoms with E-state index in [2.05, 4.69) is 16.7 Å². The SMILES string of the molecule is COc1ccc(CC2CCCNC2)cc1NC(=O)OC(C)(C)C. The third-order valence-corrected chi connectivity index (χ3v) is 3.82. The number of piperidine rings is 1. The first-order valence-electron chi connectivity index (χ1n) is 8.25. The van der Waals surface area contributed by atoms with Crippen LogP contribution in [-0.4, -0.2) is 31.9 Å². The van der Waals surface area contributed by atoms with Gasteiger partial charge in [0.1, 0.15) is 11.4 Å². The van der Waals surface area contributed by atoms with E-state index in [-0.39, 0.29) is 0 Å². The van der Waals surface area contributed by atoms with Gasteiger partial charge in [-0.25, -0.2) is 4.79 Å². The van der Waals surface area contributed by atoms with Crippen molar-refractivity contribution in [2.75, 3.05) is 25.5 Å². The highest BCUT2D eigenvalue weighted by atomic mass is 16.6. The van der Waals surface area contributed by atoms with Crippen LogP contribution in [0.15, 0.2) is 18.2 Å². The molecule has 0 saturated carbocycles. The number of nitrogens with one attached hydrogen (secondary N) is 2. The van der Waals surface area contributed by atoms with Crippen LogP contribution in [0.4, 0.5) is 10.5 Å². The molecule has 23 heavy (non-hydrogen) atoms. The Morgan fingerprint density at radius 1 is 1.39 bits per heavy atom. The summed E-state index contributed by atoms with van der Waals surface area (Å²) in [6, 6.07) is 5.95. The maximum atomic E-state index is 12.0. The lowest BCUT2D eigenvalue weighted by Gasteiger charge is -2.23. The van der Waals surface area contributed by atoms with Crippen LogP contribution in [0.5, 0.6) is 5.75 Å². The molecule has 5 nitrogen and oxygen atoms in total. The molecule has 0 aromatic heterocycles. The molecule has 0 radical (unpaired) electrons. The van der Waals surface area contributed by atoms with E-state index >= 15 is 0 Å². The van der Waals surface area contributed by atoms with E-state index in [9.17, 15) is 4.79 Å². The fourth-order valence-electron chi connectivity index (χ4n) is 2.82. The Hall–Kier alpha value is -1.75. The van der Waals surface area contributed by atoms with Crippen LogP contribution >= 0.6 is 0 Å². The van der Waals surface area contributed by atoms with Crippen molar-refractivity contribution in [3.63, 3.8) is 0 Å². The van der Waals surface area contributed by atoms with Crippen molar-refractivity contribution in [1.29, 1.82) is 0 Å². The molecule has 2 N–H and O–H groups in total. The zero-order chi connectivity index (χ0) is 16.9. The lowest BCUT2D eigenvalue weighted by Crippen LogP contribution is -2.30. The van der Waals surface area contributed by atoms with E-state index in [1.807, 2.05) is 32.9 Å². The van der Waals surface area contributed by atoms with Gasteiger partial charge in [-0.2, -0.15) is 0 Å². The summed E-state index contributed by atoms with van der Waals surface area (Å²) in [6.07, 6.45) is 3.00. The Balaban J connectivity index is 2.07. The summed E-state index contributed by atoms with van der Waals surface area (Å²) in [5.41, 5.74) is 1.33. The molecule has 1 amide bonds. The number of ether oxygens (including phenoxy) is 2. The third-order valence-electron chi connectivity index (χ3n) is 3.82. The Bertz CT molecular complexity index is 532. The van der Waals surface area contributed by atoms with E-state index in [0.29, 0.717) is 17.4 Å². The van der Waals surface area contributed by atoms with Crippen LogP contribution < -0.4 is 15.4 Å². The maximum Gasteiger partial charge on any atom is 0.412 e. The molecule has 1 aromatic rings. The lowest BCUT2D eigenvalue weighted by molar-refractivity contribution is 0.0635. The normalized spacial score (nSPS) is 18.3. The number of carbonyl (C=O) groups excluding carboxylic acids is 1. The van der Waals surface area contributed by atoms with Gasteiger partial charge in [-0.15, -0.1) is 0 Å². The van der Waals surface area contributed by atoms with E-state index in [1.54, 1.807) is 7.11 Å². The molecule has 5 heteroatoms. The largest absolute Gasteiger partial charge is 0.495 e. The molecule has 1 heterocycles. The molecule has 1 aliphatic rings. The van der Waals surface area contributed by atoms with Gasteiger partial charge in [0.2, 0.25) is 0 Å². The minimum absolute atomic E-state index is 0.465. The highest BCUT2D eigenvalue weighted by Gasteiger charge is 2.19. The van der Waals surface area contributed by atoms with Gasteiger partial charge < -0.3 is 14.8 Å². The van der Waals surface area contributed by atoms with Crippen molar-refractivity contribution in [3.05, 3.63) is 23.8 Å². The van der Waals surface area contributed by atoms with Crippen LogP contribution in [0.1, 0.15) is 39.2 Å². The second-order valence-electron chi connectivity index (χ2n) is 7.08. The number of benzene rings is 1. The average Bonchev–Trinajstić information content (AvgIpc) is 2.46. The predicted octanol–water partition coefficient (Wildman–Crippen LogP) is 3.58. The van der Waals surface area contributed by atoms with Crippen molar-refractivity contribution in [2.45, 2.75) is 45.6 Å². The van der Waals surface area contributed by atoms with Crippen molar-refractivity contribution < 1.29 is 14.3 Å². The first-order chi connectivity index (χ1) is 10.9. The first-order valence-corrected chi connectivity index (χ1v) is 8.25. The van der Waals surface area contributed by atoms with Crippen molar-refractivity contribution in [1.82, 2.24) is 5.32 Å². The fraction of sp³-hybridized carbons (Fsp3) is 0.611. The monoisotopic (exact) mass is 320 g/mol. The lowest BCUT2D eigenvalue weighted by atomic mass is 9.92. The number of amides is 1. The van der Waals surface area contributed by atoms with Gasteiger partial charge >= 0.3 is 6.09 Å². The minimum Gasteiger partial charge on any atom is -0.495 e. The second-order valence-corrected chi connectivity index (χ2v) is 7.08. The van der Waals surface area contributed by atoms with Crippen LogP contribution in [-0.2, 0) is 11.2 Å². The van der Waals surface area contributed by atoms with Crippen molar-refractivity contribution in [3.8, 4) is 5.75 Å². The minimum atomic E-state index is -0.525. The summed E-state index contributed by atoms with van der Waals surface area (Å²) in [5, 5.41) is 6.23. The summed E-state index contributed by atoms with van der Waals surface area (Å²) in [5.74, 6) is 1.29. The third kappa shape index (κ3) is 5.75. The fourth-order valence-corrected chi connectivity index (χ4v) is 2.82. The number of rotatable bonds is 4.